The summed E-state index contributed by atoms with van der Waals surface area (Å²) in [5.41, 5.74) is 3.44. The topological polar surface area (TPSA) is 95.9 Å². The molecule has 182 valence electrons. The van der Waals surface area contributed by atoms with Crippen molar-refractivity contribution in [3.63, 3.8) is 0 Å². The van der Waals surface area contributed by atoms with Gasteiger partial charge in [-0.05, 0) is 42.0 Å². The van der Waals surface area contributed by atoms with Gasteiger partial charge in [-0.15, -0.1) is 11.8 Å². The number of hydrogen-bond donors (Lipinski definition) is 2. The number of nitrogens with one attached hydrogen (secondary N) is 1. The predicted octanol–water partition coefficient (Wildman–Crippen LogP) is 3.88. The third-order valence-electron chi connectivity index (χ3n) is 7.32. The fourth-order valence-corrected chi connectivity index (χ4v) is 5.00. The summed E-state index contributed by atoms with van der Waals surface area (Å²) in [7, 11) is 0. The van der Waals surface area contributed by atoms with Crippen LogP contribution in [0.25, 0.3) is 11.1 Å². The first-order chi connectivity index (χ1) is 16.8. The standard InChI is InChI=1S/C28H30N2O5/c1-4-5-14-24(25(31)30-15-18(2)28(3,17-30)26(32)33)29-27(34)35-16-23-21-12-8-6-10-19(21)20-11-7-9-13-22(20)23/h6-13,18,23-24H,14-17H2,1-3H3,(H,29,34)(H,32,33). The number of rotatable bonds is 6. The SMILES string of the molecule is CC#CCC(NC(=O)OCC1c2ccccc2-c2ccccc21)C(=O)N1CC(C)C(C)(C(=O)O)C1. The van der Waals surface area contributed by atoms with Crippen molar-refractivity contribution < 1.29 is 24.2 Å². The molecule has 2 N–H and O–H groups in total. The van der Waals surface area contributed by atoms with Crippen molar-refractivity contribution in [2.75, 3.05) is 19.7 Å². The van der Waals surface area contributed by atoms with E-state index in [-0.39, 0.29) is 37.3 Å². The summed E-state index contributed by atoms with van der Waals surface area (Å²) in [6, 6.07) is 15.2. The summed E-state index contributed by atoms with van der Waals surface area (Å²) < 4.78 is 5.60. The van der Waals surface area contributed by atoms with Crippen LogP contribution in [0.4, 0.5) is 4.79 Å². The van der Waals surface area contributed by atoms with E-state index in [1.807, 2.05) is 43.3 Å². The molecule has 7 nitrogen and oxygen atoms in total. The molecular weight excluding hydrogens is 444 g/mol. The van der Waals surface area contributed by atoms with Crippen molar-refractivity contribution in [1.82, 2.24) is 10.2 Å². The Kier molecular flexibility index (Phi) is 6.83. The molecule has 0 aromatic heterocycles. The van der Waals surface area contributed by atoms with E-state index in [4.69, 9.17) is 4.74 Å². The molecule has 7 heteroatoms. The molecular formula is C28H30N2O5. The number of fused-ring (bicyclic) bond motifs is 3. The number of carboxylic acids is 1. The minimum absolute atomic E-state index is 0.0881. The van der Waals surface area contributed by atoms with Crippen molar-refractivity contribution in [3.8, 4) is 23.0 Å². The van der Waals surface area contributed by atoms with Crippen LogP contribution in [0.3, 0.4) is 0 Å². The van der Waals surface area contributed by atoms with Gasteiger partial charge >= 0.3 is 12.1 Å². The van der Waals surface area contributed by atoms with Gasteiger partial charge in [-0.3, -0.25) is 9.59 Å². The lowest BCUT2D eigenvalue weighted by Crippen LogP contribution is -2.48. The molecule has 3 atom stereocenters. The lowest BCUT2D eigenvalue weighted by molar-refractivity contribution is -0.149. The Bertz CT molecular complexity index is 1170. The predicted molar refractivity (Wildman–Crippen MR) is 132 cm³/mol. The lowest BCUT2D eigenvalue weighted by Gasteiger charge is -2.25. The highest BCUT2D eigenvalue weighted by Crippen LogP contribution is 2.44. The zero-order valence-corrected chi connectivity index (χ0v) is 20.2. The van der Waals surface area contributed by atoms with Crippen LogP contribution in [0.15, 0.2) is 48.5 Å². The van der Waals surface area contributed by atoms with Crippen LogP contribution in [0.2, 0.25) is 0 Å². The van der Waals surface area contributed by atoms with Crippen molar-refractivity contribution in [2.24, 2.45) is 11.3 Å². The Morgan fingerprint density at radius 2 is 1.74 bits per heavy atom. The number of nitrogens with zero attached hydrogens (tertiary/aromatic N) is 1. The molecule has 0 saturated carbocycles. The van der Waals surface area contributed by atoms with Crippen LogP contribution in [0.1, 0.15) is 44.2 Å². The maximum absolute atomic E-state index is 13.2. The van der Waals surface area contributed by atoms with Crippen molar-refractivity contribution in [1.29, 1.82) is 0 Å². The Hall–Kier alpha value is -3.79. The molecule has 1 fully saturated rings. The molecule has 1 aliphatic carbocycles. The Morgan fingerprint density at radius 1 is 1.14 bits per heavy atom. The van der Waals surface area contributed by atoms with Gasteiger partial charge in [0.25, 0.3) is 0 Å². The first-order valence-corrected chi connectivity index (χ1v) is 11.8. The Morgan fingerprint density at radius 3 is 2.29 bits per heavy atom. The average Bonchev–Trinajstić information content (AvgIpc) is 3.34. The van der Waals surface area contributed by atoms with E-state index < -0.39 is 23.5 Å². The largest absolute Gasteiger partial charge is 0.481 e. The van der Waals surface area contributed by atoms with Crippen LogP contribution in [0.5, 0.6) is 0 Å². The fraction of sp³-hybridized carbons (Fsp3) is 0.393. The lowest BCUT2D eigenvalue weighted by atomic mass is 9.81. The molecule has 2 aliphatic rings. The van der Waals surface area contributed by atoms with Gasteiger partial charge in [-0.25, -0.2) is 4.79 Å². The summed E-state index contributed by atoms with van der Waals surface area (Å²) in [6.07, 6.45) is -0.579. The van der Waals surface area contributed by atoms with Crippen LogP contribution in [-0.2, 0) is 14.3 Å². The minimum atomic E-state index is -1.03. The molecule has 1 saturated heterocycles. The zero-order valence-electron chi connectivity index (χ0n) is 20.2. The first kappa shape index (κ1) is 24.3. The number of hydrogen-bond acceptors (Lipinski definition) is 4. The first-order valence-electron chi connectivity index (χ1n) is 11.8. The Labute approximate surface area is 205 Å². The highest BCUT2D eigenvalue weighted by atomic mass is 16.5. The van der Waals surface area contributed by atoms with Gasteiger partial charge in [-0.1, -0.05) is 55.5 Å². The third-order valence-corrected chi connectivity index (χ3v) is 7.32. The second-order valence-corrected chi connectivity index (χ2v) is 9.50. The molecule has 0 radical (unpaired) electrons. The number of aliphatic carboxylic acids is 1. The smallest absolute Gasteiger partial charge is 0.407 e. The molecule has 0 bridgehead atoms. The van der Waals surface area contributed by atoms with Crippen LogP contribution in [-0.4, -0.2) is 53.7 Å². The quantitative estimate of drug-likeness (QED) is 0.620. The number of alkyl carbamates (subject to hydrolysis) is 1. The number of carbonyl (C=O) groups excluding carboxylic acids is 2. The fourth-order valence-electron chi connectivity index (χ4n) is 5.00. The zero-order chi connectivity index (χ0) is 25.2. The third kappa shape index (κ3) is 4.61. The van der Waals surface area contributed by atoms with Crippen LogP contribution < -0.4 is 5.32 Å². The van der Waals surface area contributed by atoms with Gasteiger partial charge in [-0.2, -0.15) is 0 Å². The van der Waals surface area contributed by atoms with E-state index in [0.717, 1.165) is 22.3 Å². The molecule has 2 aromatic rings. The highest BCUT2D eigenvalue weighted by Gasteiger charge is 2.48. The highest BCUT2D eigenvalue weighted by molar-refractivity contribution is 5.87. The number of carbonyl (C=O) groups is 3. The van der Waals surface area contributed by atoms with Crippen molar-refractivity contribution in [2.45, 2.75) is 39.2 Å². The second-order valence-electron chi connectivity index (χ2n) is 9.50. The average molecular weight is 475 g/mol. The maximum atomic E-state index is 13.2. The Balaban J connectivity index is 1.44. The van der Waals surface area contributed by atoms with Crippen molar-refractivity contribution in [3.05, 3.63) is 59.7 Å². The second kappa shape index (κ2) is 9.83. The summed E-state index contributed by atoms with van der Waals surface area (Å²) in [6.45, 7) is 5.66. The molecule has 1 aliphatic heterocycles. The van der Waals surface area contributed by atoms with Gasteiger partial charge in [0.2, 0.25) is 5.91 Å². The van der Waals surface area contributed by atoms with E-state index in [0.29, 0.717) is 6.54 Å². The normalized spacial score (nSPS) is 21.3. The molecule has 3 unspecified atom stereocenters. The minimum Gasteiger partial charge on any atom is -0.481 e. The van der Waals surface area contributed by atoms with Gasteiger partial charge in [0.05, 0.1) is 5.41 Å². The molecule has 1 heterocycles. The molecule has 2 aromatic carbocycles. The molecule has 35 heavy (non-hydrogen) atoms. The van der Waals surface area contributed by atoms with Gasteiger partial charge in [0.15, 0.2) is 0 Å². The monoisotopic (exact) mass is 474 g/mol. The summed E-state index contributed by atoms with van der Waals surface area (Å²) in [5, 5.41) is 12.3. The number of benzene rings is 2. The van der Waals surface area contributed by atoms with Crippen molar-refractivity contribution >= 4 is 18.0 Å². The number of carboxylic acid groups (broad SMARTS) is 1. The van der Waals surface area contributed by atoms with Crippen LogP contribution in [0, 0.1) is 23.2 Å². The van der Waals surface area contributed by atoms with Gasteiger partial charge in [0.1, 0.15) is 12.6 Å². The van der Waals surface area contributed by atoms with E-state index >= 15 is 0 Å². The number of likely N-dealkylation sites (tertiary alicyclic amines) is 1. The molecule has 2 amide bonds. The summed E-state index contributed by atoms with van der Waals surface area (Å²) in [4.78, 5) is 39.3. The number of ether oxygens (including phenoxy) is 1. The maximum Gasteiger partial charge on any atom is 0.407 e. The van der Waals surface area contributed by atoms with Gasteiger partial charge < -0.3 is 20.1 Å². The summed E-state index contributed by atoms with van der Waals surface area (Å²) in [5.74, 6) is 4.02. The van der Waals surface area contributed by atoms with Crippen LogP contribution >= 0.6 is 0 Å². The van der Waals surface area contributed by atoms with E-state index in [1.54, 1.807) is 13.8 Å². The van der Waals surface area contributed by atoms with E-state index in [9.17, 15) is 19.5 Å². The number of amides is 2. The summed E-state index contributed by atoms with van der Waals surface area (Å²) >= 11 is 0. The molecule has 4 rings (SSSR count). The van der Waals surface area contributed by atoms with Gasteiger partial charge in [0, 0.05) is 25.4 Å². The molecule has 0 spiro atoms. The van der Waals surface area contributed by atoms with E-state index in [2.05, 4.69) is 29.3 Å². The van der Waals surface area contributed by atoms with E-state index in [1.165, 1.54) is 4.90 Å².